The first-order valence-corrected chi connectivity index (χ1v) is 9.35. The number of aromatic nitrogens is 4. The summed E-state index contributed by atoms with van der Waals surface area (Å²) in [5.74, 6) is -1.42. The van der Waals surface area contributed by atoms with Crippen LogP contribution in [0.25, 0.3) is 33.1 Å². The van der Waals surface area contributed by atoms with Crippen LogP contribution in [-0.4, -0.2) is 19.1 Å². The van der Waals surface area contributed by atoms with Gasteiger partial charge in [0.2, 0.25) is 0 Å². The molecule has 0 aliphatic rings. The van der Waals surface area contributed by atoms with Crippen molar-refractivity contribution in [3.05, 3.63) is 94.8 Å². The molecule has 0 aliphatic carbocycles. The topological polar surface area (TPSA) is 52.7 Å². The lowest BCUT2D eigenvalue weighted by molar-refractivity contribution is 0.545. The number of benzene rings is 2. The second-order valence-corrected chi connectivity index (χ2v) is 7.18. The molecular formula is C23H16F2N4O. The number of rotatable bonds is 3. The van der Waals surface area contributed by atoms with E-state index in [9.17, 15) is 4.79 Å². The zero-order valence-corrected chi connectivity index (χ0v) is 16.0. The molecule has 7 heteroatoms. The molecular weight excluding hydrogens is 386 g/mol. The second-order valence-electron chi connectivity index (χ2n) is 7.18. The minimum absolute atomic E-state index is 0.183. The predicted molar refractivity (Wildman–Crippen MR) is 111 cm³/mol. The van der Waals surface area contributed by atoms with Crippen LogP contribution in [0.15, 0.2) is 72.0 Å². The molecule has 0 bridgehead atoms. The summed E-state index contributed by atoms with van der Waals surface area (Å²) in [4.78, 5) is 20.4. The Morgan fingerprint density at radius 3 is 2.60 bits per heavy atom. The Balaban J connectivity index is 1.63. The summed E-state index contributed by atoms with van der Waals surface area (Å²) in [7, 11) is 1.90. The normalized spacial score (nSPS) is 11.4. The Labute approximate surface area is 169 Å². The highest BCUT2D eigenvalue weighted by Gasteiger charge is 2.16. The lowest BCUT2D eigenvalue weighted by Crippen LogP contribution is -2.22. The van der Waals surface area contributed by atoms with E-state index < -0.39 is 17.2 Å². The van der Waals surface area contributed by atoms with Crippen LogP contribution in [0.3, 0.4) is 0 Å². The summed E-state index contributed by atoms with van der Waals surface area (Å²) in [6, 6.07) is 11.6. The zero-order valence-electron chi connectivity index (χ0n) is 16.0. The molecule has 0 amide bonds. The van der Waals surface area contributed by atoms with Crippen molar-refractivity contribution in [2.75, 3.05) is 0 Å². The highest BCUT2D eigenvalue weighted by atomic mass is 19.1. The van der Waals surface area contributed by atoms with Crippen molar-refractivity contribution < 1.29 is 8.78 Å². The maximum atomic E-state index is 15.0. The van der Waals surface area contributed by atoms with Gasteiger partial charge in [0.1, 0.15) is 11.6 Å². The van der Waals surface area contributed by atoms with Gasteiger partial charge in [0.25, 0.3) is 5.56 Å². The van der Waals surface area contributed by atoms with Crippen LogP contribution < -0.4 is 5.56 Å². The lowest BCUT2D eigenvalue weighted by atomic mass is 9.99. The fraction of sp³-hybridized carbons (Fsp3) is 0.0870. The van der Waals surface area contributed by atoms with Crippen molar-refractivity contribution in [2.45, 2.75) is 6.54 Å². The summed E-state index contributed by atoms with van der Waals surface area (Å²) in [5, 5.41) is 1.90. The Morgan fingerprint density at radius 1 is 1.00 bits per heavy atom. The van der Waals surface area contributed by atoms with Crippen molar-refractivity contribution in [3.63, 3.8) is 0 Å². The minimum Gasteiger partial charge on any atom is -0.356 e. The van der Waals surface area contributed by atoms with E-state index in [1.165, 1.54) is 16.7 Å². The molecule has 0 spiro atoms. The summed E-state index contributed by atoms with van der Waals surface area (Å²) in [6.07, 6.45) is 6.53. The fourth-order valence-corrected chi connectivity index (χ4v) is 3.79. The third kappa shape index (κ3) is 2.95. The van der Waals surface area contributed by atoms with Crippen molar-refractivity contribution in [1.29, 1.82) is 0 Å². The smallest absolute Gasteiger partial charge is 0.269 e. The molecule has 148 valence electrons. The molecule has 5 rings (SSSR count). The first kappa shape index (κ1) is 18.2. The molecule has 5 aromatic rings. The summed E-state index contributed by atoms with van der Waals surface area (Å²) in [5.41, 5.74) is 1.31. The van der Waals surface area contributed by atoms with Gasteiger partial charge in [-0.15, -0.1) is 0 Å². The van der Waals surface area contributed by atoms with Gasteiger partial charge in [-0.2, -0.15) is 0 Å². The van der Waals surface area contributed by atoms with Crippen LogP contribution >= 0.6 is 0 Å². The third-order valence-electron chi connectivity index (χ3n) is 5.20. The molecule has 2 aromatic carbocycles. The number of aryl methyl sites for hydroxylation is 1. The highest BCUT2D eigenvalue weighted by molar-refractivity contribution is 5.96. The Hall–Kier alpha value is -3.87. The average molecular weight is 402 g/mol. The van der Waals surface area contributed by atoms with E-state index in [-0.39, 0.29) is 12.1 Å². The Bertz CT molecular complexity index is 1460. The van der Waals surface area contributed by atoms with E-state index in [1.807, 2.05) is 42.2 Å². The van der Waals surface area contributed by atoms with Crippen molar-refractivity contribution in [1.82, 2.24) is 19.1 Å². The monoisotopic (exact) mass is 402 g/mol. The molecule has 0 atom stereocenters. The average Bonchev–Trinajstić information content (AvgIpc) is 3.12. The van der Waals surface area contributed by atoms with Gasteiger partial charge in [-0.25, -0.2) is 18.7 Å². The molecule has 0 radical (unpaired) electrons. The molecule has 0 unspecified atom stereocenters. The standard InChI is InChI=1S/C23H16F2N4O/c1-28-11-14-4-2-5-16(17(14)12-28)15-8-19(24)18(20(25)9-15)13-29-21-6-3-7-26-23(21)27-10-22(29)30/h2-12H,13H2,1H3. The number of fused-ring (bicyclic) bond motifs is 2. The number of halogens is 2. The SMILES string of the molecule is Cn1cc2cccc(-c3cc(F)c(Cn4c(=O)cnc5ncccc54)c(F)c3)c2c1. The van der Waals surface area contributed by atoms with Gasteiger partial charge in [0.05, 0.1) is 18.3 Å². The first-order chi connectivity index (χ1) is 14.5. The van der Waals surface area contributed by atoms with E-state index in [0.29, 0.717) is 16.7 Å². The van der Waals surface area contributed by atoms with E-state index >= 15 is 8.78 Å². The molecule has 0 saturated carbocycles. The predicted octanol–water partition coefficient (Wildman–Crippen LogP) is 4.28. The van der Waals surface area contributed by atoms with Crippen molar-refractivity contribution in [2.24, 2.45) is 7.05 Å². The molecule has 30 heavy (non-hydrogen) atoms. The van der Waals surface area contributed by atoms with Crippen molar-refractivity contribution >= 4 is 21.9 Å². The van der Waals surface area contributed by atoms with Gasteiger partial charge in [0, 0.05) is 36.6 Å². The maximum absolute atomic E-state index is 15.0. The minimum atomic E-state index is -0.710. The van der Waals surface area contributed by atoms with Gasteiger partial charge >= 0.3 is 0 Å². The quantitative estimate of drug-likeness (QED) is 0.453. The largest absolute Gasteiger partial charge is 0.356 e. The number of hydrogen-bond acceptors (Lipinski definition) is 3. The van der Waals surface area contributed by atoms with Crippen LogP contribution in [0.2, 0.25) is 0 Å². The van der Waals surface area contributed by atoms with Crippen LogP contribution in [-0.2, 0) is 13.6 Å². The van der Waals surface area contributed by atoms with Gasteiger partial charge in [0.15, 0.2) is 5.65 Å². The van der Waals surface area contributed by atoms with E-state index in [4.69, 9.17) is 0 Å². The van der Waals surface area contributed by atoms with Gasteiger partial charge < -0.3 is 4.57 Å². The van der Waals surface area contributed by atoms with Crippen LogP contribution in [0.5, 0.6) is 0 Å². The van der Waals surface area contributed by atoms with E-state index in [2.05, 4.69) is 9.97 Å². The number of pyridine rings is 1. The molecule has 3 aromatic heterocycles. The lowest BCUT2D eigenvalue weighted by Gasteiger charge is -2.12. The molecule has 0 saturated heterocycles. The third-order valence-corrected chi connectivity index (χ3v) is 5.20. The van der Waals surface area contributed by atoms with Crippen molar-refractivity contribution in [3.8, 4) is 11.1 Å². The Kier molecular flexibility index (Phi) is 4.17. The molecule has 5 nitrogen and oxygen atoms in total. The Morgan fingerprint density at radius 2 is 1.80 bits per heavy atom. The van der Waals surface area contributed by atoms with Gasteiger partial charge in [-0.1, -0.05) is 18.2 Å². The second kappa shape index (κ2) is 6.88. The number of hydrogen-bond donors (Lipinski definition) is 0. The van der Waals surface area contributed by atoms with Crippen LogP contribution in [0.1, 0.15) is 5.56 Å². The molecule has 3 heterocycles. The summed E-state index contributed by atoms with van der Waals surface area (Å²) in [6.45, 7) is -0.253. The maximum Gasteiger partial charge on any atom is 0.269 e. The first-order valence-electron chi connectivity index (χ1n) is 9.35. The van der Waals surface area contributed by atoms with Crippen LogP contribution in [0, 0.1) is 11.6 Å². The summed E-state index contributed by atoms with van der Waals surface area (Å²) < 4.78 is 33.2. The summed E-state index contributed by atoms with van der Waals surface area (Å²) >= 11 is 0. The van der Waals surface area contributed by atoms with Gasteiger partial charge in [-0.3, -0.25) is 9.36 Å². The molecule has 0 aliphatic heterocycles. The fourth-order valence-electron chi connectivity index (χ4n) is 3.79. The highest BCUT2D eigenvalue weighted by Crippen LogP contribution is 2.31. The zero-order chi connectivity index (χ0) is 20.8. The molecule has 0 fully saturated rings. The van der Waals surface area contributed by atoms with E-state index in [1.54, 1.807) is 18.3 Å². The molecule has 0 N–H and O–H groups in total. The van der Waals surface area contributed by atoms with E-state index in [0.717, 1.165) is 22.5 Å². The van der Waals surface area contributed by atoms with Crippen LogP contribution in [0.4, 0.5) is 8.78 Å². The van der Waals surface area contributed by atoms with Gasteiger partial charge in [-0.05, 0) is 40.8 Å². The number of nitrogens with zero attached hydrogens (tertiary/aromatic N) is 4.